The van der Waals surface area contributed by atoms with Crippen molar-refractivity contribution in [3.8, 4) is 11.8 Å². The first-order valence-electron chi connectivity index (χ1n) is 13.8. The third kappa shape index (κ3) is 10.3. The molecule has 1 aromatic heterocycles. The quantitative estimate of drug-likeness (QED) is 0.275. The highest BCUT2D eigenvalue weighted by Crippen LogP contribution is 2.37. The molecule has 0 N–H and O–H groups in total. The molecule has 0 aliphatic heterocycles. The van der Waals surface area contributed by atoms with E-state index < -0.39 is 29.2 Å². The number of ether oxygens (including phenoxy) is 3. The van der Waals surface area contributed by atoms with Crippen molar-refractivity contribution in [3.63, 3.8) is 0 Å². The molecule has 1 heterocycles. The lowest BCUT2D eigenvalue weighted by Crippen LogP contribution is -2.53. The standard InChI is InChI=1S/C31H47NO6S/c1-20-12-14-21(15-13-20)26(33)32(24(19-37-30(5,6)7)27(34)38-31(8,9)10)23-18-22(16-17-29(2,3)4)39-25(23)28(35)36-11/h18,20-21,24H,12-15,19H2,1-11H3/t20?,21?,24-/m0/s1. The van der Waals surface area contributed by atoms with Gasteiger partial charge < -0.3 is 14.2 Å². The fourth-order valence-electron chi connectivity index (χ4n) is 4.20. The van der Waals surface area contributed by atoms with Crippen LogP contribution in [0.5, 0.6) is 0 Å². The Morgan fingerprint density at radius 3 is 2.08 bits per heavy atom. The summed E-state index contributed by atoms with van der Waals surface area (Å²) < 4.78 is 17.0. The number of anilines is 1. The van der Waals surface area contributed by atoms with Gasteiger partial charge in [-0.3, -0.25) is 9.69 Å². The average Bonchev–Trinajstić information content (AvgIpc) is 3.21. The van der Waals surface area contributed by atoms with E-state index in [2.05, 4.69) is 18.8 Å². The monoisotopic (exact) mass is 561 g/mol. The number of nitrogens with zero attached hydrogens (tertiary/aromatic N) is 1. The molecule has 1 atom stereocenters. The van der Waals surface area contributed by atoms with Crippen LogP contribution in [-0.2, 0) is 23.8 Å². The molecule has 7 nitrogen and oxygen atoms in total. The zero-order valence-corrected chi connectivity index (χ0v) is 26.5. The van der Waals surface area contributed by atoms with Crippen molar-refractivity contribution in [1.82, 2.24) is 0 Å². The van der Waals surface area contributed by atoms with Gasteiger partial charge in [0, 0.05) is 11.3 Å². The van der Waals surface area contributed by atoms with Crippen LogP contribution < -0.4 is 4.90 Å². The lowest BCUT2D eigenvalue weighted by molar-refractivity contribution is -0.160. The molecule has 0 radical (unpaired) electrons. The van der Waals surface area contributed by atoms with Crippen LogP contribution in [0.25, 0.3) is 0 Å². The summed E-state index contributed by atoms with van der Waals surface area (Å²) in [6.45, 7) is 19.1. The molecule has 1 aromatic rings. The van der Waals surface area contributed by atoms with Crippen molar-refractivity contribution in [1.29, 1.82) is 0 Å². The summed E-state index contributed by atoms with van der Waals surface area (Å²) in [7, 11) is 1.30. The SMILES string of the molecule is COC(=O)c1sc(C#CC(C)(C)C)cc1N(C(=O)C1CCC(C)CC1)[C@@H](COC(C)(C)C)C(=O)OC(C)(C)C. The van der Waals surface area contributed by atoms with Crippen LogP contribution in [-0.4, -0.2) is 48.8 Å². The summed E-state index contributed by atoms with van der Waals surface area (Å²) >= 11 is 1.16. The Morgan fingerprint density at radius 1 is 1.00 bits per heavy atom. The number of carbonyl (C=O) groups excluding carboxylic acids is 3. The van der Waals surface area contributed by atoms with Gasteiger partial charge >= 0.3 is 11.9 Å². The maximum atomic E-state index is 14.3. The molecule has 8 heteroatoms. The lowest BCUT2D eigenvalue weighted by atomic mass is 9.82. The van der Waals surface area contributed by atoms with E-state index in [1.54, 1.807) is 26.8 Å². The molecule has 39 heavy (non-hydrogen) atoms. The molecule has 1 aliphatic carbocycles. The van der Waals surface area contributed by atoms with Crippen LogP contribution in [0, 0.1) is 29.1 Å². The maximum absolute atomic E-state index is 14.3. The fourth-order valence-corrected chi connectivity index (χ4v) is 5.12. The zero-order valence-electron chi connectivity index (χ0n) is 25.6. The van der Waals surface area contributed by atoms with E-state index in [0.717, 1.165) is 24.2 Å². The summed E-state index contributed by atoms with van der Waals surface area (Å²) in [6, 6.07) is 0.615. The summed E-state index contributed by atoms with van der Waals surface area (Å²) in [6.07, 6.45) is 3.28. The number of amides is 1. The number of methoxy groups -OCH3 is 1. The Hall–Kier alpha value is -2.37. The Balaban J connectivity index is 2.74. The van der Waals surface area contributed by atoms with E-state index in [1.165, 1.54) is 12.0 Å². The Kier molecular flexibility index (Phi) is 10.8. The second-order valence-electron chi connectivity index (χ2n) is 13.5. The predicted molar refractivity (Wildman–Crippen MR) is 156 cm³/mol. The van der Waals surface area contributed by atoms with E-state index in [0.29, 0.717) is 29.3 Å². The number of hydrogen-bond donors (Lipinski definition) is 0. The van der Waals surface area contributed by atoms with Gasteiger partial charge in [-0.25, -0.2) is 9.59 Å². The van der Waals surface area contributed by atoms with Gasteiger partial charge in [-0.15, -0.1) is 11.3 Å². The fraction of sp³-hybridized carbons (Fsp3) is 0.710. The van der Waals surface area contributed by atoms with Gasteiger partial charge in [0.2, 0.25) is 5.91 Å². The highest BCUT2D eigenvalue weighted by atomic mass is 32.1. The van der Waals surface area contributed by atoms with E-state index in [4.69, 9.17) is 14.2 Å². The van der Waals surface area contributed by atoms with Crippen LogP contribution in [0.1, 0.15) is 109 Å². The van der Waals surface area contributed by atoms with Crippen molar-refractivity contribution in [2.24, 2.45) is 17.3 Å². The van der Waals surface area contributed by atoms with Gasteiger partial charge in [0.05, 0.1) is 29.9 Å². The molecule has 0 aromatic carbocycles. The minimum Gasteiger partial charge on any atom is -0.465 e. The molecule has 0 bridgehead atoms. The van der Waals surface area contributed by atoms with Gasteiger partial charge in [0.1, 0.15) is 10.5 Å². The molecule has 1 fully saturated rings. The smallest absolute Gasteiger partial charge is 0.350 e. The molecule has 1 saturated carbocycles. The van der Waals surface area contributed by atoms with Crippen molar-refractivity contribution in [3.05, 3.63) is 15.8 Å². The molecule has 0 saturated heterocycles. The Morgan fingerprint density at radius 2 is 1.59 bits per heavy atom. The van der Waals surface area contributed by atoms with Gasteiger partial charge in [-0.05, 0) is 100.0 Å². The largest absolute Gasteiger partial charge is 0.465 e. The van der Waals surface area contributed by atoms with Crippen LogP contribution in [0.2, 0.25) is 0 Å². The first-order chi connectivity index (χ1) is 17.8. The highest BCUT2D eigenvalue weighted by Gasteiger charge is 2.41. The molecule has 1 amide bonds. The summed E-state index contributed by atoms with van der Waals surface area (Å²) in [5, 5.41) is 0. The number of thiophene rings is 1. The summed E-state index contributed by atoms with van der Waals surface area (Å²) in [5.41, 5.74) is -1.31. The molecular formula is C31H47NO6S. The van der Waals surface area contributed by atoms with Crippen LogP contribution in [0.4, 0.5) is 5.69 Å². The number of rotatable bonds is 7. The zero-order chi connectivity index (χ0) is 29.8. The lowest BCUT2D eigenvalue weighted by Gasteiger charge is -2.37. The van der Waals surface area contributed by atoms with Crippen molar-refractivity contribution in [2.75, 3.05) is 18.6 Å². The van der Waals surface area contributed by atoms with Crippen molar-refractivity contribution >= 4 is 34.9 Å². The number of carbonyl (C=O) groups is 3. The first-order valence-corrected chi connectivity index (χ1v) is 14.6. The molecule has 1 aliphatic rings. The molecular weight excluding hydrogens is 514 g/mol. The van der Waals surface area contributed by atoms with Gasteiger partial charge in [-0.1, -0.05) is 18.8 Å². The number of esters is 2. The second kappa shape index (κ2) is 12.9. The summed E-state index contributed by atoms with van der Waals surface area (Å²) in [5.74, 6) is 5.20. The van der Waals surface area contributed by atoms with Crippen molar-refractivity contribution < 1.29 is 28.6 Å². The predicted octanol–water partition coefficient (Wildman–Crippen LogP) is 6.62. The van der Waals surface area contributed by atoms with Gasteiger partial charge in [-0.2, -0.15) is 0 Å². The molecule has 0 unspecified atom stereocenters. The highest BCUT2D eigenvalue weighted by molar-refractivity contribution is 7.15. The second-order valence-corrected chi connectivity index (χ2v) is 14.5. The summed E-state index contributed by atoms with van der Waals surface area (Å²) in [4.78, 5) is 43.3. The van der Waals surface area contributed by atoms with Crippen molar-refractivity contribution in [2.45, 2.75) is 112 Å². The van der Waals surface area contributed by atoms with E-state index in [1.807, 2.05) is 41.5 Å². The van der Waals surface area contributed by atoms with E-state index in [9.17, 15) is 14.4 Å². The van der Waals surface area contributed by atoms with E-state index >= 15 is 0 Å². The van der Waals surface area contributed by atoms with Crippen LogP contribution in [0.3, 0.4) is 0 Å². The molecule has 0 spiro atoms. The third-order valence-electron chi connectivity index (χ3n) is 6.17. The minimum atomic E-state index is -1.10. The Labute approximate surface area is 239 Å². The first kappa shape index (κ1) is 32.8. The van der Waals surface area contributed by atoms with Gasteiger partial charge in [0.15, 0.2) is 6.04 Å². The normalized spacial score (nSPS) is 18.9. The molecule has 2 rings (SSSR count). The molecule has 218 valence electrons. The number of hydrogen-bond acceptors (Lipinski definition) is 7. The average molecular weight is 562 g/mol. The topological polar surface area (TPSA) is 82.1 Å². The minimum absolute atomic E-state index is 0.0905. The van der Waals surface area contributed by atoms with E-state index in [-0.39, 0.29) is 28.7 Å². The van der Waals surface area contributed by atoms with Gasteiger partial charge in [0.25, 0.3) is 0 Å². The third-order valence-corrected chi connectivity index (χ3v) is 7.19. The van der Waals surface area contributed by atoms with Crippen LogP contribution >= 0.6 is 11.3 Å². The maximum Gasteiger partial charge on any atom is 0.350 e. The van der Waals surface area contributed by atoms with Crippen LogP contribution in [0.15, 0.2) is 6.07 Å². The Bertz CT molecular complexity index is 1080.